The average molecular weight is 193 g/mol. The van der Waals surface area contributed by atoms with E-state index < -0.39 is 0 Å². The lowest BCUT2D eigenvalue weighted by Crippen LogP contribution is -1.72. The predicted molar refractivity (Wildman–Crippen MR) is 61.3 cm³/mol. The highest BCUT2D eigenvalue weighted by atomic mass is 15.1. The largest absolute Gasteiger partial charge is 0.280 e. The van der Waals surface area contributed by atoms with Gasteiger partial charge in [0, 0.05) is 17.3 Å². The molecule has 3 heteroatoms. The fourth-order valence-corrected chi connectivity index (χ4v) is 0.976. The number of nitrogens with one attached hydrogen (secondary N) is 1. The Morgan fingerprint density at radius 1 is 1.14 bits per heavy atom. The van der Waals surface area contributed by atoms with Gasteiger partial charge in [-0.2, -0.15) is 5.10 Å². The lowest BCUT2D eigenvalue weighted by molar-refractivity contribution is 1.05. The Bertz CT molecular complexity index is 352. The molecule has 78 valence electrons. The first-order chi connectivity index (χ1) is 6.88. The second-order valence-electron chi connectivity index (χ2n) is 2.22. The van der Waals surface area contributed by atoms with Crippen molar-refractivity contribution in [2.75, 3.05) is 0 Å². The van der Waals surface area contributed by atoms with Crippen LogP contribution >= 0.6 is 0 Å². The summed E-state index contributed by atoms with van der Waals surface area (Å²) < 4.78 is 0. The number of fused-ring (bicyclic) bond motifs is 1. The number of aromatic amines is 1. The van der Waals surface area contributed by atoms with Gasteiger partial charge in [-0.05, 0) is 19.1 Å². The van der Waals surface area contributed by atoms with Crippen LogP contribution in [0.15, 0.2) is 18.3 Å². The molecular weight excluding hydrogens is 174 g/mol. The smallest absolute Gasteiger partial charge is 0.181 e. The van der Waals surface area contributed by atoms with Gasteiger partial charge in [-0.25, -0.2) is 4.98 Å². The monoisotopic (exact) mass is 193 g/mol. The van der Waals surface area contributed by atoms with Crippen molar-refractivity contribution >= 4 is 11.0 Å². The van der Waals surface area contributed by atoms with E-state index in [1.807, 2.05) is 46.8 Å². The molecule has 0 aliphatic rings. The van der Waals surface area contributed by atoms with Gasteiger partial charge >= 0.3 is 0 Å². The zero-order chi connectivity index (χ0) is 11.0. The van der Waals surface area contributed by atoms with Crippen molar-refractivity contribution in [3.63, 3.8) is 0 Å². The molecule has 2 aromatic heterocycles. The quantitative estimate of drug-likeness (QED) is 0.697. The van der Waals surface area contributed by atoms with Crippen LogP contribution in [0.3, 0.4) is 0 Å². The number of rotatable bonds is 0. The number of aromatic nitrogens is 3. The molecule has 0 aliphatic heterocycles. The number of hydrogen-bond acceptors (Lipinski definition) is 2. The highest BCUT2D eigenvalue weighted by Crippen LogP contribution is 2.09. The molecule has 2 heterocycles. The summed E-state index contributed by atoms with van der Waals surface area (Å²) in [5.74, 6) is 0. The van der Waals surface area contributed by atoms with Gasteiger partial charge in [0.05, 0.1) is 0 Å². The van der Waals surface area contributed by atoms with Crippen LogP contribution in [0.4, 0.5) is 0 Å². The normalized spacial score (nSPS) is 8.36. The van der Waals surface area contributed by atoms with E-state index in [1.54, 1.807) is 6.20 Å². The van der Waals surface area contributed by atoms with E-state index in [4.69, 9.17) is 0 Å². The summed E-state index contributed by atoms with van der Waals surface area (Å²) in [6, 6.07) is 3.91. The predicted octanol–water partition coefficient (Wildman–Crippen LogP) is 3.32. The number of pyridine rings is 1. The molecule has 0 unspecified atom stereocenters. The molecule has 14 heavy (non-hydrogen) atoms. The minimum absolute atomic E-state index is 0.792. The second-order valence-corrected chi connectivity index (χ2v) is 2.22. The van der Waals surface area contributed by atoms with E-state index in [2.05, 4.69) is 15.2 Å². The lowest BCUT2D eigenvalue weighted by Gasteiger charge is -1.83. The van der Waals surface area contributed by atoms with Crippen LogP contribution < -0.4 is 0 Å². The van der Waals surface area contributed by atoms with Crippen LogP contribution in [0.25, 0.3) is 11.0 Å². The molecule has 0 bridgehead atoms. The molecule has 2 rings (SSSR count). The lowest BCUT2D eigenvalue weighted by atomic mass is 10.3. The van der Waals surface area contributed by atoms with E-state index >= 15 is 0 Å². The van der Waals surface area contributed by atoms with Gasteiger partial charge in [-0.15, -0.1) is 0 Å². The Balaban J connectivity index is 0.000000379. The van der Waals surface area contributed by atoms with E-state index in [1.165, 1.54) is 0 Å². The maximum Gasteiger partial charge on any atom is 0.181 e. The maximum absolute atomic E-state index is 4.06. The van der Waals surface area contributed by atoms with Crippen molar-refractivity contribution in [3.05, 3.63) is 24.0 Å². The van der Waals surface area contributed by atoms with Gasteiger partial charge < -0.3 is 0 Å². The van der Waals surface area contributed by atoms with Gasteiger partial charge in [0.2, 0.25) is 0 Å². The highest BCUT2D eigenvalue weighted by molar-refractivity contribution is 5.76. The topological polar surface area (TPSA) is 41.6 Å². The van der Waals surface area contributed by atoms with Gasteiger partial charge in [-0.3, -0.25) is 5.10 Å². The zero-order valence-electron chi connectivity index (χ0n) is 9.63. The standard InChI is InChI=1S/C7H7N3.2C2H6/c1-5-6-3-2-4-8-7(6)10-9-5;2*1-2/h2-4H,1H3,(H,8,9,10);2*1-2H3. The Morgan fingerprint density at radius 3 is 2.36 bits per heavy atom. The van der Waals surface area contributed by atoms with Gasteiger partial charge in [0.1, 0.15) is 0 Å². The molecule has 3 nitrogen and oxygen atoms in total. The summed E-state index contributed by atoms with van der Waals surface area (Å²) in [7, 11) is 0. The van der Waals surface area contributed by atoms with Crippen molar-refractivity contribution in [1.29, 1.82) is 0 Å². The molecule has 2 aromatic rings. The third kappa shape index (κ3) is 2.83. The van der Waals surface area contributed by atoms with Crippen molar-refractivity contribution in [2.45, 2.75) is 34.6 Å². The van der Waals surface area contributed by atoms with Gasteiger partial charge in [-0.1, -0.05) is 27.7 Å². The second kappa shape index (κ2) is 7.06. The van der Waals surface area contributed by atoms with E-state index in [0.717, 1.165) is 16.7 Å². The molecular formula is C11H19N3. The summed E-state index contributed by atoms with van der Waals surface area (Å²) >= 11 is 0. The van der Waals surface area contributed by atoms with Crippen LogP contribution in [-0.4, -0.2) is 15.2 Å². The van der Waals surface area contributed by atoms with Gasteiger partial charge in [0.15, 0.2) is 5.65 Å². The summed E-state index contributed by atoms with van der Waals surface area (Å²) in [6.07, 6.45) is 1.74. The molecule has 0 saturated carbocycles. The third-order valence-corrected chi connectivity index (χ3v) is 1.52. The first kappa shape index (κ1) is 12.6. The molecule has 0 aliphatic carbocycles. The average Bonchev–Trinajstić information content (AvgIpc) is 2.67. The summed E-state index contributed by atoms with van der Waals surface area (Å²) in [6.45, 7) is 9.98. The van der Waals surface area contributed by atoms with Crippen LogP contribution in [0.5, 0.6) is 0 Å². The Morgan fingerprint density at radius 2 is 1.79 bits per heavy atom. The van der Waals surface area contributed by atoms with Crippen molar-refractivity contribution in [2.24, 2.45) is 0 Å². The number of H-pyrrole nitrogens is 1. The Kier molecular flexibility index (Phi) is 6.37. The first-order valence-corrected chi connectivity index (χ1v) is 5.13. The zero-order valence-corrected chi connectivity index (χ0v) is 9.63. The number of hydrogen-bond donors (Lipinski definition) is 1. The van der Waals surface area contributed by atoms with E-state index in [9.17, 15) is 0 Å². The Hall–Kier alpha value is -1.38. The fourth-order valence-electron chi connectivity index (χ4n) is 0.976. The van der Waals surface area contributed by atoms with E-state index in [-0.39, 0.29) is 0 Å². The molecule has 0 radical (unpaired) electrons. The molecule has 1 N–H and O–H groups in total. The van der Waals surface area contributed by atoms with Crippen LogP contribution in [-0.2, 0) is 0 Å². The van der Waals surface area contributed by atoms with Crippen molar-refractivity contribution in [3.8, 4) is 0 Å². The minimum atomic E-state index is 0.792. The minimum Gasteiger partial charge on any atom is -0.280 e. The van der Waals surface area contributed by atoms with Crippen molar-refractivity contribution in [1.82, 2.24) is 15.2 Å². The number of nitrogens with zero attached hydrogens (tertiary/aromatic N) is 2. The summed E-state index contributed by atoms with van der Waals surface area (Å²) in [4.78, 5) is 4.06. The van der Waals surface area contributed by atoms with E-state index in [0.29, 0.717) is 0 Å². The van der Waals surface area contributed by atoms with Crippen LogP contribution in [0.1, 0.15) is 33.4 Å². The maximum atomic E-state index is 4.06. The SMILES string of the molecule is CC.CC.Cc1[nH]nc2ncccc12. The first-order valence-electron chi connectivity index (χ1n) is 5.13. The number of aryl methyl sites for hydroxylation is 1. The molecule has 0 aromatic carbocycles. The molecule has 0 atom stereocenters. The van der Waals surface area contributed by atoms with Gasteiger partial charge in [0.25, 0.3) is 0 Å². The Labute approximate surface area is 85.6 Å². The molecule has 0 fully saturated rings. The van der Waals surface area contributed by atoms with Crippen LogP contribution in [0.2, 0.25) is 0 Å². The molecule has 0 saturated heterocycles. The fraction of sp³-hybridized carbons (Fsp3) is 0.455. The van der Waals surface area contributed by atoms with Crippen LogP contribution in [0, 0.1) is 6.92 Å². The third-order valence-electron chi connectivity index (χ3n) is 1.52. The molecule has 0 amide bonds. The highest BCUT2D eigenvalue weighted by Gasteiger charge is 1.97. The van der Waals surface area contributed by atoms with Crippen molar-refractivity contribution < 1.29 is 0 Å². The summed E-state index contributed by atoms with van der Waals surface area (Å²) in [5.41, 5.74) is 1.86. The summed E-state index contributed by atoms with van der Waals surface area (Å²) in [5, 5.41) is 7.95. The molecule has 0 spiro atoms.